The van der Waals surface area contributed by atoms with Gasteiger partial charge in [0.1, 0.15) is 18.2 Å². The summed E-state index contributed by atoms with van der Waals surface area (Å²) in [7, 11) is 0. The summed E-state index contributed by atoms with van der Waals surface area (Å²) in [5.74, 6) is 1.28. The number of ether oxygens (including phenoxy) is 1. The Kier molecular flexibility index (Phi) is 4.36. The molecule has 1 aliphatic rings. The number of nitrogens with one attached hydrogen (secondary N) is 1. The van der Waals surface area contributed by atoms with Gasteiger partial charge in [-0.15, -0.1) is 0 Å². The maximum absolute atomic E-state index is 6.29. The highest BCUT2D eigenvalue weighted by molar-refractivity contribution is 6.30. The fourth-order valence-corrected chi connectivity index (χ4v) is 2.94. The highest BCUT2D eigenvalue weighted by atomic mass is 35.5. The van der Waals surface area contributed by atoms with Gasteiger partial charge in [0.15, 0.2) is 0 Å². The summed E-state index contributed by atoms with van der Waals surface area (Å²) >= 11 is 6.01. The van der Waals surface area contributed by atoms with Crippen molar-refractivity contribution in [2.75, 3.05) is 13.1 Å². The van der Waals surface area contributed by atoms with E-state index >= 15 is 0 Å². The first kappa shape index (κ1) is 14.3. The molecule has 2 atom stereocenters. The van der Waals surface area contributed by atoms with Crippen molar-refractivity contribution in [3.05, 3.63) is 53.1 Å². The summed E-state index contributed by atoms with van der Waals surface area (Å²) in [5.41, 5.74) is 2.05. The maximum Gasteiger partial charge on any atom is 0.131 e. The molecular formula is C16H18ClN3O. The lowest BCUT2D eigenvalue weighted by atomic mass is 9.96. The van der Waals surface area contributed by atoms with E-state index in [2.05, 4.69) is 15.3 Å². The van der Waals surface area contributed by atoms with E-state index in [4.69, 9.17) is 16.3 Å². The number of benzene rings is 1. The lowest BCUT2D eigenvalue weighted by Gasteiger charge is -2.25. The van der Waals surface area contributed by atoms with Crippen LogP contribution in [0, 0.1) is 12.8 Å². The van der Waals surface area contributed by atoms with Crippen LogP contribution in [0.25, 0.3) is 0 Å². The van der Waals surface area contributed by atoms with E-state index < -0.39 is 0 Å². The number of hydrogen-bond acceptors (Lipinski definition) is 4. The molecule has 0 bridgehead atoms. The quantitative estimate of drug-likeness (QED) is 0.942. The van der Waals surface area contributed by atoms with Crippen molar-refractivity contribution in [3.8, 4) is 5.75 Å². The van der Waals surface area contributed by atoms with Gasteiger partial charge in [-0.3, -0.25) is 0 Å². The third kappa shape index (κ3) is 3.34. The standard InChI is InChI=1S/C16H18ClN3O/c1-11-6-14(17)2-3-15(11)21-16(12-4-5-18-7-12)13-8-19-10-20-9-13/h2-3,6,8-10,12,16,18H,4-5,7H2,1H3/t12-,16?/m0/s1. The Morgan fingerprint density at radius 3 is 2.81 bits per heavy atom. The van der Waals surface area contributed by atoms with Gasteiger partial charge in [-0.1, -0.05) is 11.6 Å². The molecule has 1 unspecified atom stereocenters. The molecule has 0 saturated carbocycles. The van der Waals surface area contributed by atoms with Gasteiger partial charge in [0, 0.05) is 35.4 Å². The highest BCUT2D eigenvalue weighted by Crippen LogP contribution is 2.33. The molecule has 2 heterocycles. The van der Waals surface area contributed by atoms with E-state index in [-0.39, 0.29) is 6.10 Å². The van der Waals surface area contributed by atoms with Crippen LogP contribution in [-0.4, -0.2) is 23.1 Å². The van der Waals surface area contributed by atoms with Crippen molar-refractivity contribution in [2.24, 2.45) is 5.92 Å². The fraction of sp³-hybridized carbons (Fsp3) is 0.375. The number of rotatable bonds is 4. The molecule has 0 radical (unpaired) electrons. The second kappa shape index (κ2) is 6.41. The van der Waals surface area contributed by atoms with E-state index in [0.29, 0.717) is 5.92 Å². The average molecular weight is 304 g/mol. The summed E-state index contributed by atoms with van der Waals surface area (Å²) in [6.07, 6.45) is 6.26. The van der Waals surface area contributed by atoms with Gasteiger partial charge < -0.3 is 10.1 Å². The minimum absolute atomic E-state index is 0.0407. The van der Waals surface area contributed by atoms with E-state index in [0.717, 1.165) is 41.4 Å². The summed E-state index contributed by atoms with van der Waals surface area (Å²) in [6.45, 7) is 3.98. The molecule has 21 heavy (non-hydrogen) atoms. The van der Waals surface area contributed by atoms with Crippen molar-refractivity contribution in [3.63, 3.8) is 0 Å². The van der Waals surface area contributed by atoms with Crippen LogP contribution >= 0.6 is 11.6 Å². The van der Waals surface area contributed by atoms with Gasteiger partial charge in [0.05, 0.1) is 0 Å². The Hall–Kier alpha value is -1.65. The Labute approximate surface area is 129 Å². The van der Waals surface area contributed by atoms with Crippen molar-refractivity contribution >= 4 is 11.6 Å². The van der Waals surface area contributed by atoms with E-state index in [9.17, 15) is 0 Å². The van der Waals surface area contributed by atoms with Crippen LogP contribution in [0.1, 0.15) is 23.7 Å². The Morgan fingerprint density at radius 2 is 2.14 bits per heavy atom. The van der Waals surface area contributed by atoms with Gasteiger partial charge >= 0.3 is 0 Å². The largest absolute Gasteiger partial charge is 0.485 e. The van der Waals surface area contributed by atoms with Crippen LogP contribution in [0.3, 0.4) is 0 Å². The molecule has 1 aromatic carbocycles. The minimum Gasteiger partial charge on any atom is -0.485 e. The smallest absolute Gasteiger partial charge is 0.131 e. The molecule has 110 valence electrons. The summed E-state index contributed by atoms with van der Waals surface area (Å²) in [4.78, 5) is 8.25. The Bertz CT molecular complexity index is 600. The third-order valence-electron chi connectivity index (χ3n) is 3.83. The second-order valence-corrected chi connectivity index (χ2v) is 5.81. The van der Waals surface area contributed by atoms with Crippen LogP contribution in [-0.2, 0) is 0 Å². The fourth-order valence-electron chi connectivity index (χ4n) is 2.71. The molecule has 0 amide bonds. The molecule has 1 N–H and O–H groups in total. The van der Waals surface area contributed by atoms with Crippen molar-refractivity contribution < 1.29 is 4.74 Å². The van der Waals surface area contributed by atoms with E-state index in [1.54, 1.807) is 6.33 Å². The molecule has 0 aliphatic carbocycles. The first-order valence-electron chi connectivity index (χ1n) is 7.12. The van der Waals surface area contributed by atoms with E-state index in [1.807, 2.05) is 37.5 Å². The molecule has 1 aromatic heterocycles. The number of hydrogen-bond donors (Lipinski definition) is 1. The zero-order chi connectivity index (χ0) is 14.7. The van der Waals surface area contributed by atoms with Crippen LogP contribution in [0.15, 0.2) is 36.9 Å². The molecule has 2 aromatic rings. The van der Waals surface area contributed by atoms with Crippen molar-refractivity contribution in [1.29, 1.82) is 0 Å². The lowest BCUT2D eigenvalue weighted by molar-refractivity contribution is 0.142. The van der Waals surface area contributed by atoms with Gasteiger partial charge in [-0.05, 0) is 43.7 Å². The summed E-state index contributed by atoms with van der Waals surface area (Å²) in [6, 6.07) is 5.70. The van der Waals surface area contributed by atoms with Gasteiger partial charge in [0.25, 0.3) is 0 Å². The normalized spacial score (nSPS) is 19.4. The van der Waals surface area contributed by atoms with Crippen LogP contribution < -0.4 is 10.1 Å². The number of aromatic nitrogens is 2. The number of halogens is 1. The second-order valence-electron chi connectivity index (χ2n) is 5.37. The zero-order valence-corrected chi connectivity index (χ0v) is 12.7. The van der Waals surface area contributed by atoms with Crippen LogP contribution in [0.4, 0.5) is 0 Å². The SMILES string of the molecule is Cc1cc(Cl)ccc1OC(c1cncnc1)[C@H]1CCNC1. The van der Waals surface area contributed by atoms with Crippen LogP contribution in [0.2, 0.25) is 5.02 Å². The Morgan fingerprint density at radius 1 is 1.33 bits per heavy atom. The van der Waals surface area contributed by atoms with Gasteiger partial charge in [-0.25, -0.2) is 9.97 Å². The summed E-state index contributed by atoms with van der Waals surface area (Å²) in [5, 5.41) is 4.11. The molecule has 1 saturated heterocycles. The molecular weight excluding hydrogens is 286 g/mol. The molecule has 3 rings (SSSR count). The van der Waals surface area contributed by atoms with Gasteiger partial charge in [0.2, 0.25) is 0 Å². The van der Waals surface area contributed by atoms with E-state index in [1.165, 1.54) is 0 Å². The maximum atomic E-state index is 6.29. The molecule has 1 fully saturated rings. The van der Waals surface area contributed by atoms with Gasteiger partial charge in [-0.2, -0.15) is 0 Å². The van der Waals surface area contributed by atoms with Crippen molar-refractivity contribution in [2.45, 2.75) is 19.4 Å². The topological polar surface area (TPSA) is 47.0 Å². The molecule has 5 heteroatoms. The predicted octanol–water partition coefficient (Wildman–Crippen LogP) is 3.17. The number of aryl methyl sites for hydroxylation is 1. The van der Waals surface area contributed by atoms with Crippen molar-refractivity contribution in [1.82, 2.24) is 15.3 Å². The lowest BCUT2D eigenvalue weighted by Crippen LogP contribution is -2.22. The molecule has 0 spiro atoms. The average Bonchev–Trinajstić information content (AvgIpc) is 3.01. The zero-order valence-electron chi connectivity index (χ0n) is 11.9. The number of nitrogens with zero attached hydrogens (tertiary/aromatic N) is 2. The monoisotopic (exact) mass is 303 g/mol. The minimum atomic E-state index is -0.0407. The predicted molar refractivity (Wildman–Crippen MR) is 82.6 cm³/mol. The Balaban J connectivity index is 1.88. The summed E-state index contributed by atoms with van der Waals surface area (Å²) < 4.78 is 6.29. The third-order valence-corrected chi connectivity index (χ3v) is 4.06. The molecule has 1 aliphatic heterocycles. The highest BCUT2D eigenvalue weighted by Gasteiger charge is 2.28. The van der Waals surface area contributed by atoms with Crippen LogP contribution in [0.5, 0.6) is 5.75 Å². The molecule has 4 nitrogen and oxygen atoms in total. The first-order valence-corrected chi connectivity index (χ1v) is 7.50. The first-order chi connectivity index (χ1) is 10.2.